The van der Waals surface area contributed by atoms with Gasteiger partial charge in [0.05, 0.1) is 0 Å². The van der Waals surface area contributed by atoms with E-state index in [4.69, 9.17) is 9.47 Å². The van der Waals surface area contributed by atoms with Gasteiger partial charge in [-0.1, -0.05) is 45.9 Å². The molecule has 1 N–H and O–H groups in total. The largest absolute Gasteiger partial charge is 0.457 e. The topological polar surface area (TPSA) is 47.6 Å². The number of rotatable bonds is 3. The molecule has 1 heterocycles. The SMILES string of the molecule is CC1N/C(=C\c2ccc(Oc3ccc4c(c3)C(C)(C)CCC4(C)C)cc2)C(=O)O1. The zero-order chi connectivity index (χ0) is 20.8. The summed E-state index contributed by atoms with van der Waals surface area (Å²) in [6.45, 7) is 11.1. The minimum absolute atomic E-state index is 0.153. The Balaban J connectivity index is 1.55. The van der Waals surface area contributed by atoms with Gasteiger partial charge in [-0.05, 0) is 77.6 Å². The van der Waals surface area contributed by atoms with E-state index in [-0.39, 0.29) is 23.0 Å². The van der Waals surface area contributed by atoms with Crippen molar-refractivity contribution in [2.75, 3.05) is 0 Å². The number of carbonyl (C=O) groups excluding carboxylic acids is 1. The number of ether oxygens (including phenoxy) is 2. The van der Waals surface area contributed by atoms with Crippen LogP contribution < -0.4 is 10.1 Å². The van der Waals surface area contributed by atoms with Crippen LogP contribution >= 0.6 is 0 Å². The molecule has 1 saturated heterocycles. The van der Waals surface area contributed by atoms with E-state index < -0.39 is 0 Å². The van der Waals surface area contributed by atoms with Crippen LogP contribution in [0.5, 0.6) is 11.5 Å². The molecule has 152 valence electrons. The van der Waals surface area contributed by atoms with Crippen LogP contribution in [0.2, 0.25) is 0 Å². The lowest BCUT2D eigenvalue weighted by molar-refractivity contribution is -0.138. The highest BCUT2D eigenvalue weighted by atomic mass is 16.6. The molecule has 29 heavy (non-hydrogen) atoms. The van der Waals surface area contributed by atoms with Crippen molar-refractivity contribution in [3.05, 3.63) is 64.9 Å². The molecule has 1 atom stereocenters. The maximum Gasteiger partial charge on any atom is 0.356 e. The van der Waals surface area contributed by atoms with E-state index in [9.17, 15) is 4.79 Å². The zero-order valence-corrected chi connectivity index (χ0v) is 17.8. The van der Waals surface area contributed by atoms with Gasteiger partial charge in [-0.2, -0.15) is 0 Å². The third-order valence-corrected chi connectivity index (χ3v) is 6.11. The van der Waals surface area contributed by atoms with Crippen LogP contribution in [0.4, 0.5) is 0 Å². The van der Waals surface area contributed by atoms with E-state index in [1.54, 1.807) is 13.0 Å². The number of carbonyl (C=O) groups is 1. The molecule has 0 spiro atoms. The normalized spacial score (nSPS) is 23.3. The minimum atomic E-state index is -0.322. The van der Waals surface area contributed by atoms with Gasteiger partial charge in [0.15, 0.2) is 6.23 Å². The number of esters is 1. The first-order valence-corrected chi connectivity index (χ1v) is 10.3. The molecule has 0 radical (unpaired) electrons. The zero-order valence-electron chi connectivity index (χ0n) is 17.8. The molecule has 4 rings (SSSR count). The fourth-order valence-electron chi connectivity index (χ4n) is 4.20. The Hall–Kier alpha value is -2.75. The van der Waals surface area contributed by atoms with Crippen molar-refractivity contribution in [2.24, 2.45) is 0 Å². The van der Waals surface area contributed by atoms with Crippen LogP contribution in [0.3, 0.4) is 0 Å². The summed E-state index contributed by atoms with van der Waals surface area (Å²) in [6.07, 6.45) is 3.88. The summed E-state index contributed by atoms with van der Waals surface area (Å²) >= 11 is 0. The summed E-state index contributed by atoms with van der Waals surface area (Å²) in [5.74, 6) is 1.31. The van der Waals surface area contributed by atoms with Gasteiger partial charge >= 0.3 is 5.97 Å². The first kappa shape index (κ1) is 19.6. The molecule has 1 unspecified atom stereocenters. The Labute approximate surface area is 172 Å². The smallest absolute Gasteiger partial charge is 0.356 e. The second-order valence-corrected chi connectivity index (χ2v) is 9.40. The van der Waals surface area contributed by atoms with Gasteiger partial charge in [-0.3, -0.25) is 0 Å². The van der Waals surface area contributed by atoms with Crippen LogP contribution in [-0.2, 0) is 20.4 Å². The number of fused-ring (bicyclic) bond motifs is 1. The van der Waals surface area contributed by atoms with E-state index in [0.717, 1.165) is 17.1 Å². The van der Waals surface area contributed by atoms with Crippen molar-refractivity contribution >= 4 is 12.0 Å². The van der Waals surface area contributed by atoms with Crippen molar-refractivity contribution in [3.63, 3.8) is 0 Å². The van der Waals surface area contributed by atoms with E-state index in [1.807, 2.05) is 24.3 Å². The number of nitrogens with one attached hydrogen (secondary N) is 1. The molecular weight excluding hydrogens is 362 g/mol. The Morgan fingerprint density at radius 3 is 2.21 bits per heavy atom. The standard InChI is InChI=1S/C25H29NO3/c1-16-26-22(23(27)28-16)14-17-6-8-18(9-7-17)29-19-10-11-20-21(15-19)25(4,5)13-12-24(20,2)3/h6-11,14-16,26H,12-13H2,1-5H3/b22-14-. The number of hydrogen-bond donors (Lipinski definition) is 1. The molecule has 2 aromatic rings. The van der Waals surface area contributed by atoms with E-state index in [0.29, 0.717) is 5.70 Å². The monoisotopic (exact) mass is 391 g/mol. The summed E-state index contributed by atoms with van der Waals surface area (Å²) in [5.41, 5.74) is 4.55. The van der Waals surface area contributed by atoms with Crippen LogP contribution in [-0.4, -0.2) is 12.2 Å². The second kappa shape index (κ2) is 6.94. The maximum atomic E-state index is 11.7. The van der Waals surface area contributed by atoms with Gasteiger partial charge in [0.25, 0.3) is 0 Å². The van der Waals surface area contributed by atoms with Gasteiger partial charge in [-0.15, -0.1) is 0 Å². The lowest BCUT2D eigenvalue weighted by Crippen LogP contribution is -2.33. The third-order valence-electron chi connectivity index (χ3n) is 6.11. The Bertz CT molecular complexity index is 970. The Kier molecular flexibility index (Phi) is 4.68. The average Bonchev–Trinajstić information content (AvgIpc) is 2.98. The molecule has 2 aromatic carbocycles. The summed E-state index contributed by atoms with van der Waals surface area (Å²) in [4.78, 5) is 11.7. The molecule has 4 heteroatoms. The van der Waals surface area contributed by atoms with E-state index in [2.05, 4.69) is 51.2 Å². The predicted molar refractivity (Wildman–Crippen MR) is 115 cm³/mol. The summed E-state index contributed by atoms with van der Waals surface area (Å²) < 4.78 is 11.2. The molecule has 2 aliphatic rings. The van der Waals surface area contributed by atoms with E-state index in [1.165, 1.54) is 24.0 Å². The molecule has 0 aromatic heterocycles. The molecule has 1 aliphatic heterocycles. The van der Waals surface area contributed by atoms with Crippen LogP contribution in [0.1, 0.15) is 64.2 Å². The highest BCUT2D eigenvalue weighted by molar-refractivity contribution is 5.94. The minimum Gasteiger partial charge on any atom is -0.457 e. The molecule has 1 aliphatic carbocycles. The lowest BCUT2D eigenvalue weighted by atomic mass is 9.63. The predicted octanol–water partition coefficient (Wildman–Crippen LogP) is 5.66. The van der Waals surface area contributed by atoms with Crippen LogP contribution in [0.15, 0.2) is 48.2 Å². The number of hydrogen-bond acceptors (Lipinski definition) is 4. The molecule has 0 saturated carbocycles. The van der Waals surface area contributed by atoms with Gasteiger partial charge in [0, 0.05) is 0 Å². The van der Waals surface area contributed by atoms with Crippen molar-refractivity contribution in [3.8, 4) is 11.5 Å². The first-order chi connectivity index (χ1) is 13.6. The molecule has 1 fully saturated rings. The van der Waals surface area contributed by atoms with Crippen LogP contribution in [0.25, 0.3) is 6.08 Å². The summed E-state index contributed by atoms with van der Waals surface area (Å²) in [7, 11) is 0. The lowest BCUT2D eigenvalue weighted by Gasteiger charge is -2.41. The van der Waals surface area contributed by atoms with E-state index >= 15 is 0 Å². The maximum absolute atomic E-state index is 11.7. The summed E-state index contributed by atoms with van der Waals surface area (Å²) in [5, 5.41) is 3.01. The van der Waals surface area contributed by atoms with Gasteiger partial charge < -0.3 is 14.8 Å². The molecular formula is C25H29NO3. The van der Waals surface area contributed by atoms with Crippen molar-refractivity contribution in [1.82, 2.24) is 5.32 Å². The van der Waals surface area contributed by atoms with Crippen LogP contribution in [0, 0.1) is 0 Å². The van der Waals surface area contributed by atoms with Crippen molar-refractivity contribution in [2.45, 2.75) is 64.5 Å². The van der Waals surface area contributed by atoms with Gasteiger partial charge in [-0.25, -0.2) is 4.79 Å². The molecule has 4 nitrogen and oxygen atoms in total. The van der Waals surface area contributed by atoms with Gasteiger partial charge in [0.2, 0.25) is 0 Å². The van der Waals surface area contributed by atoms with Crippen molar-refractivity contribution < 1.29 is 14.3 Å². The second-order valence-electron chi connectivity index (χ2n) is 9.40. The number of benzene rings is 2. The Morgan fingerprint density at radius 1 is 0.966 bits per heavy atom. The first-order valence-electron chi connectivity index (χ1n) is 10.3. The highest BCUT2D eigenvalue weighted by Gasteiger charge is 2.37. The highest BCUT2D eigenvalue weighted by Crippen LogP contribution is 2.47. The summed E-state index contributed by atoms with van der Waals surface area (Å²) in [6, 6.07) is 14.2. The van der Waals surface area contributed by atoms with Gasteiger partial charge in [0.1, 0.15) is 17.2 Å². The Morgan fingerprint density at radius 2 is 1.59 bits per heavy atom. The molecule has 0 bridgehead atoms. The average molecular weight is 392 g/mol. The fourth-order valence-corrected chi connectivity index (χ4v) is 4.20. The number of cyclic esters (lactones) is 1. The molecule has 0 amide bonds. The third kappa shape index (κ3) is 3.89. The van der Waals surface area contributed by atoms with Crippen molar-refractivity contribution in [1.29, 1.82) is 0 Å². The quantitative estimate of drug-likeness (QED) is 0.542. The fraction of sp³-hybridized carbons (Fsp3) is 0.400.